The number of thioether (sulfide) groups is 1. The molecule has 1 heterocycles. The maximum absolute atomic E-state index is 12.4. The summed E-state index contributed by atoms with van der Waals surface area (Å²) < 4.78 is 0. The SMILES string of the molecule is O=C(NCCSCc1c(Cl)cccc1Cl)C1=C(O)C(Cc2ccccc2)NC1=O. The first kappa shape index (κ1) is 21.6. The van der Waals surface area contributed by atoms with Crippen molar-refractivity contribution in [3.05, 3.63) is 81.0 Å². The zero-order valence-corrected chi connectivity index (χ0v) is 17.8. The Bertz CT molecular complexity index is 915. The monoisotopic (exact) mass is 450 g/mol. The van der Waals surface area contributed by atoms with Gasteiger partial charge in [-0.2, -0.15) is 11.8 Å². The molecule has 0 saturated carbocycles. The van der Waals surface area contributed by atoms with Crippen molar-refractivity contribution in [1.29, 1.82) is 0 Å². The summed E-state index contributed by atoms with van der Waals surface area (Å²) in [7, 11) is 0. The molecule has 0 radical (unpaired) electrons. The molecule has 8 heteroatoms. The van der Waals surface area contributed by atoms with E-state index in [1.54, 1.807) is 30.0 Å². The second kappa shape index (κ2) is 10.1. The van der Waals surface area contributed by atoms with Crippen molar-refractivity contribution in [3.8, 4) is 0 Å². The van der Waals surface area contributed by atoms with E-state index in [9.17, 15) is 14.7 Å². The second-order valence-electron chi connectivity index (χ2n) is 6.48. The molecule has 0 spiro atoms. The molecule has 29 heavy (non-hydrogen) atoms. The zero-order valence-electron chi connectivity index (χ0n) is 15.5. The van der Waals surface area contributed by atoms with Crippen molar-refractivity contribution in [2.24, 2.45) is 0 Å². The predicted octanol–water partition coefficient (Wildman–Crippen LogP) is 3.90. The molecule has 0 aliphatic carbocycles. The highest BCUT2D eigenvalue weighted by molar-refractivity contribution is 7.98. The lowest BCUT2D eigenvalue weighted by atomic mass is 10.0. The van der Waals surface area contributed by atoms with Gasteiger partial charge in [0, 0.05) is 28.1 Å². The lowest BCUT2D eigenvalue weighted by molar-refractivity contribution is -0.123. The number of halogens is 2. The highest BCUT2D eigenvalue weighted by atomic mass is 35.5. The van der Waals surface area contributed by atoms with Gasteiger partial charge in [-0.15, -0.1) is 0 Å². The normalized spacial score (nSPS) is 16.1. The lowest BCUT2D eigenvalue weighted by Gasteiger charge is -2.10. The van der Waals surface area contributed by atoms with Crippen molar-refractivity contribution >= 4 is 46.8 Å². The summed E-state index contributed by atoms with van der Waals surface area (Å²) >= 11 is 13.8. The Balaban J connectivity index is 1.50. The summed E-state index contributed by atoms with van der Waals surface area (Å²) in [6.07, 6.45) is 0.420. The van der Waals surface area contributed by atoms with Gasteiger partial charge in [-0.25, -0.2) is 0 Å². The Kier molecular flexibility index (Phi) is 7.47. The summed E-state index contributed by atoms with van der Waals surface area (Å²) in [4.78, 5) is 24.5. The molecule has 1 aliphatic heterocycles. The van der Waals surface area contributed by atoms with Crippen LogP contribution in [0.15, 0.2) is 59.9 Å². The van der Waals surface area contributed by atoms with Crippen LogP contribution in [0.5, 0.6) is 0 Å². The Morgan fingerprint density at radius 1 is 1.10 bits per heavy atom. The van der Waals surface area contributed by atoms with E-state index in [0.29, 0.717) is 34.5 Å². The molecule has 3 rings (SSSR count). The number of aliphatic hydroxyl groups excluding tert-OH is 1. The van der Waals surface area contributed by atoms with Gasteiger partial charge in [0.15, 0.2) is 0 Å². The van der Waals surface area contributed by atoms with Crippen molar-refractivity contribution < 1.29 is 14.7 Å². The molecular weight excluding hydrogens is 431 g/mol. The van der Waals surface area contributed by atoms with E-state index in [1.807, 2.05) is 30.3 Å². The summed E-state index contributed by atoms with van der Waals surface area (Å²) in [5.41, 5.74) is 1.59. The minimum absolute atomic E-state index is 0.216. The fourth-order valence-corrected chi connectivity index (χ4v) is 4.57. The number of carbonyl (C=O) groups is 2. The minimum Gasteiger partial charge on any atom is -0.509 e. The Morgan fingerprint density at radius 3 is 2.48 bits per heavy atom. The van der Waals surface area contributed by atoms with Crippen LogP contribution in [0.2, 0.25) is 10.0 Å². The summed E-state index contributed by atoms with van der Waals surface area (Å²) in [5, 5.41) is 16.9. The highest BCUT2D eigenvalue weighted by Crippen LogP contribution is 2.28. The summed E-state index contributed by atoms with van der Waals surface area (Å²) in [6.45, 7) is 0.346. The number of hydrogen-bond acceptors (Lipinski definition) is 4. The average Bonchev–Trinajstić information content (AvgIpc) is 2.97. The molecule has 1 atom stereocenters. The van der Waals surface area contributed by atoms with Crippen LogP contribution >= 0.6 is 35.0 Å². The molecule has 0 saturated heterocycles. The van der Waals surface area contributed by atoms with Gasteiger partial charge in [0.25, 0.3) is 11.8 Å². The number of carbonyl (C=O) groups excluding carboxylic acids is 2. The first-order chi connectivity index (χ1) is 14.0. The molecule has 152 valence electrons. The van der Waals surface area contributed by atoms with Gasteiger partial charge < -0.3 is 15.7 Å². The van der Waals surface area contributed by atoms with Crippen LogP contribution in [0.25, 0.3) is 0 Å². The van der Waals surface area contributed by atoms with Crippen molar-refractivity contribution in [2.75, 3.05) is 12.3 Å². The molecule has 1 unspecified atom stereocenters. The van der Waals surface area contributed by atoms with Gasteiger partial charge in [0.1, 0.15) is 11.3 Å². The first-order valence-corrected chi connectivity index (χ1v) is 10.9. The van der Waals surface area contributed by atoms with Crippen LogP contribution in [0.3, 0.4) is 0 Å². The van der Waals surface area contributed by atoms with Gasteiger partial charge in [0.2, 0.25) is 0 Å². The smallest absolute Gasteiger partial charge is 0.261 e. The quantitative estimate of drug-likeness (QED) is 0.420. The number of nitrogens with one attached hydrogen (secondary N) is 2. The molecule has 3 N–H and O–H groups in total. The zero-order chi connectivity index (χ0) is 20.8. The number of amides is 2. The molecule has 2 aromatic carbocycles. The Morgan fingerprint density at radius 2 is 1.79 bits per heavy atom. The van der Waals surface area contributed by atoms with E-state index in [2.05, 4.69) is 10.6 Å². The van der Waals surface area contributed by atoms with Crippen molar-refractivity contribution in [2.45, 2.75) is 18.2 Å². The van der Waals surface area contributed by atoms with Crippen LogP contribution < -0.4 is 10.6 Å². The maximum Gasteiger partial charge on any atom is 0.261 e. The third-order valence-corrected chi connectivity index (χ3v) is 6.16. The fraction of sp³-hybridized carbons (Fsp3) is 0.238. The lowest BCUT2D eigenvalue weighted by Crippen LogP contribution is -2.33. The van der Waals surface area contributed by atoms with Crippen molar-refractivity contribution in [1.82, 2.24) is 10.6 Å². The van der Waals surface area contributed by atoms with Gasteiger partial charge in [-0.1, -0.05) is 59.6 Å². The highest BCUT2D eigenvalue weighted by Gasteiger charge is 2.35. The van der Waals surface area contributed by atoms with E-state index in [-0.39, 0.29) is 11.3 Å². The number of benzene rings is 2. The molecule has 1 aliphatic rings. The summed E-state index contributed by atoms with van der Waals surface area (Å²) in [5.74, 6) is -0.131. The van der Waals surface area contributed by atoms with Gasteiger partial charge in [-0.3, -0.25) is 9.59 Å². The summed E-state index contributed by atoms with van der Waals surface area (Å²) in [6, 6.07) is 14.2. The maximum atomic E-state index is 12.4. The Labute approximate surface area is 183 Å². The first-order valence-electron chi connectivity index (χ1n) is 9.04. The molecule has 0 aromatic heterocycles. The molecule has 0 fully saturated rings. The van der Waals surface area contributed by atoms with Crippen LogP contribution in [0.1, 0.15) is 11.1 Å². The van der Waals surface area contributed by atoms with E-state index < -0.39 is 17.9 Å². The fourth-order valence-electron chi connectivity index (χ4n) is 2.98. The number of aliphatic hydroxyl groups is 1. The average molecular weight is 451 g/mol. The van der Waals surface area contributed by atoms with Crippen LogP contribution in [0, 0.1) is 0 Å². The Hall–Kier alpha value is -2.15. The molecule has 2 amide bonds. The van der Waals surface area contributed by atoms with E-state index >= 15 is 0 Å². The van der Waals surface area contributed by atoms with Crippen molar-refractivity contribution in [3.63, 3.8) is 0 Å². The molecule has 2 aromatic rings. The van der Waals surface area contributed by atoms with Crippen LogP contribution in [0.4, 0.5) is 0 Å². The minimum atomic E-state index is -0.595. The molecule has 0 bridgehead atoms. The second-order valence-corrected chi connectivity index (χ2v) is 8.40. The van der Waals surface area contributed by atoms with Crippen LogP contribution in [-0.2, 0) is 21.8 Å². The number of rotatable bonds is 8. The largest absolute Gasteiger partial charge is 0.509 e. The van der Waals surface area contributed by atoms with Gasteiger partial charge >= 0.3 is 0 Å². The topological polar surface area (TPSA) is 78.4 Å². The molecule has 5 nitrogen and oxygen atoms in total. The standard InChI is InChI=1S/C21H20Cl2N2O3S/c22-15-7-4-8-16(23)14(15)12-29-10-9-24-20(27)18-19(26)17(25-21(18)28)11-13-5-2-1-3-6-13/h1-8,17,26H,9-12H2,(H,24,27)(H,25,28). The van der Waals surface area contributed by atoms with Crippen LogP contribution in [-0.4, -0.2) is 35.3 Å². The molecular formula is C21H20Cl2N2O3S. The van der Waals surface area contributed by atoms with E-state index in [1.165, 1.54) is 0 Å². The van der Waals surface area contributed by atoms with E-state index in [0.717, 1.165) is 11.1 Å². The third kappa shape index (κ3) is 5.47. The number of hydrogen-bond donors (Lipinski definition) is 3. The van der Waals surface area contributed by atoms with Gasteiger partial charge in [0.05, 0.1) is 6.04 Å². The predicted molar refractivity (Wildman–Crippen MR) is 117 cm³/mol. The van der Waals surface area contributed by atoms with E-state index in [4.69, 9.17) is 23.2 Å². The van der Waals surface area contributed by atoms with Gasteiger partial charge in [-0.05, 0) is 29.7 Å². The third-order valence-electron chi connectivity index (χ3n) is 4.47.